The topological polar surface area (TPSA) is 153 Å². The number of hydrogen-bond donors (Lipinski definition) is 0. The number of hydrogen-bond acceptors (Lipinski definition) is 10. The number of ether oxygens (including phenoxy) is 1. The molecule has 0 aliphatic heterocycles. The fourth-order valence-electron chi connectivity index (χ4n) is 7.32. The molecular weight excluding hydrogens is 816 g/mol. The molecule has 0 saturated heterocycles. The zero-order valence-corrected chi connectivity index (χ0v) is 36.7. The van der Waals surface area contributed by atoms with Gasteiger partial charge in [0.2, 0.25) is 0 Å². The average Bonchev–Trinajstić information content (AvgIpc) is 3.31. The predicted molar refractivity (Wildman–Crippen MR) is 230 cm³/mol. The van der Waals surface area contributed by atoms with Crippen LogP contribution in [0.5, 0.6) is 5.75 Å². The van der Waals surface area contributed by atoms with Crippen molar-refractivity contribution in [3.63, 3.8) is 0 Å². The number of non-ortho nitro benzene ring substituents is 1. The van der Waals surface area contributed by atoms with Crippen LogP contribution in [0.1, 0.15) is 0 Å². The Morgan fingerprint density at radius 2 is 1.00 bits per heavy atom. The molecule has 10 rings (SSSR count). The summed E-state index contributed by atoms with van der Waals surface area (Å²) in [6.45, 7) is 0. The summed E-state index contributed by atoms with van der Waals surface area (Å²) in [5.74, 6) is 0.0525. The van der Waals surface area contributed by atoms with Crippen molar-refractivity contribution >= 4 is 49.3 Å². The minimum Gasteiger partial charge on any atom is -0.857 e. The molecule has 6 heterocycles. The molecule has 0 atom stereocenters. The van der Waals surface area contributed by atoms with Gasteiger partial charge in [-0.25, -0.2) is 28.7 Å². The summed E-state index contributed by atoms with van der Waals surface area (Å²) in [4.78, 5) is 37.3. The molecule has 0 aliphatic rings. The summed E-state index contributed by atoms with van der Waals surface area (Å²) in [7, 11) is 2.39. The Hall–Kier alpha value is -6.52. The van der Waals surface area contributed by atoms with Crippen LogP contribution in [0.4, 0.5) is 14.5 Å². The van der Waals surface area contributed by atoms with Gasteiger partial charge < -0.3 is 9.84 Å². The third-order valence-corrected chi connectivity index (χ3v) is 10.0. The molecule has 0 aliphatic carbocycles. The zero-order chi connectivity index (χ0) is 42.5. The molecule has 62 heavy (non-hydrogen) atoms. The van der Waals surface area contributed by atoms with Crippen LogP contribution in [0.3, 0.4) is 0 Å². The number of benzene rings is 4. The van der Waals surface area contributed by atoms with E-state index in [1.165, 1.54) is 24.4 Å². The number of fused-ring (bicyclic) bond motifs is 4. The SMILES string of the molecule is COc1ccc(-c2cc(-c3ccccc3F)nc3ncccc23)c2ccncc12.C[O-].O=[N+]([O-])c1ccc(-c2cc(-c3ccccc3F)nc3ncccc23)c2ccncc12.[K+]. The van der Waals surface area contributed by atoms with Crippen LogP contribution in [0, 0.1) is 21.7 Å². The van der Waals surface area contributed by atoms with Gasteiger partial charge in [-0.2, -0.15) is 7.11 Å². The predicted octanol–water partition coefficient (Wildman–Crippen LogP) is 7.20. The van der Waals surface area contributed by atoms with Crippen molar-refractivity contribution in [3.05, 3.63) is 180 Å². The first kappa shape index (κ1) is 43.6. The van der Waals surface area contributed by atoms with Gasteiger partial charge in [0.05, 0.1) is 28.8 Å². The van der Waals surface area contributed by atoms with E-state index in [1.54, 1.807) is 98.8 Å². The molecule has 298 valence electrons. The van der Waals surface area contributed by atoms with E-state index in [0.29, 0.717) is 44.6 Å². The van der Waals surface area contributed by atoms with Gasteiger partial charge in [0.15, 0.2) is 11.3 Å². The normalized spacial score (nSPS) is 10.7. The Morgan fingerprint density at radius 3 is 1.50 bits per heavy atom. The number of pyridine rings is 6. The van der Waals surface area contributed by atoms with Gasteiger partial charge >= 0.3 is 51.4 Å². The summed E-state index contributed by atoms with van der Waals surface area (Å²) >= 11 is 0. The molecule has 0 unspecified atom stereocenters. The Bertz CT molecular complexity index is 3270. The number of nitro groups is 1. The largest absolute Gasteiger partial charge is 1.00 e. The van der Waals surface area contributed by atoms with Crippen molar-refractivity contribution in [2.45, 2.75) is 0 Å². The second kappa shape index (κ2) is 19.5. The molecular formula is C48H32F2KN7O4. The first-order chi connectivity index (χ1) is 29.9. The van der Waals surface area contributed by atoms with Gasteiger partial charge in [-0.05, 0) is 118 Å². The van der Waals surface area contributed by atoms with Crippen molar-refractivity contribution in [3.8, 4) is 50.5 Å². The number of aromatic nitrogens is 6. The van der Waals surface area contributed by atoms with Crippen LogP contribution in [0.15, 0.2) is 159 Å². The standard InChI is InChI=1S/C24H16FN3O.C23H13FN4O2.CH3O.K/c1-29-23-9-8-15(16-10-12-26-14-20(16)23)19-13-22(18-5-2-3-7-21(18)25)28-24-17(19)6-4-11-27-24;24-20-6-2-1-4-17(20)21-12-18(16-5-3-10-26-23(16)27-21)14-7-8-22(28(29)30)19-13-25-11-9-15(14)19;1-2;/h2-14H,1H3;1-13H;1H3;/q;;-1;+1. The third kappa shape index (κ3) is 8.52. The maximum absolute atomic E-state index is 14.5. The zero-order valence-electron chi connectivity index (χ0n) is 33.5. The van der Waals surface area contributed by atoms with Crippen LogP contribution in [0.25, 0.3) is 88.4 Å². The number of nitro benzene ring substituents is 1. The van der Waals surface area contributed by atoms with Crippen LogP contribution < -0.4 is 61.2 Å². The van der Waals surface area contributed by atoms with E-state index in [4.69, 9.17) is 9.84 Å². The number of rotatable bonds is 6. The summed E-state index contributed by atoms with van der Waals surface area (Å²) in [6, 6.07) is 35.1. The van der Waals surface area contributed by atoms with Gasteiger partial charge in [-0.1, -0.05) is 30.3 Å². The maximum atomic E-state index is 14.5. The van der Waals surface area contributed by atoms with Crippen LogP contribution in [-0.4, -0.2) is 49.0 Å². The fraction of sp³-hybridized carbons (Fsp3) is 0.0417. The van der Waals surface area contributed by atoms with Crippen LogP contribution >= 0.6 is 0 Å². The maximum Gasteiger partial charge on any atom is 1.00 e. The van der Waals surface area contributed by atoms with E-state index in [1.807, 2.05) is 42.5 Å². The monoisotopic (exact) mass is 847 g/mol. The number of halogens is 2. The second-order valence-corrected chi connectivity index (χ2v) is 13.4. The van der Waals surface area contributed by atoms with Gasteiger partial charge in [0, 0.05) is 70.5 Å². The molecule has 0 bridgehead atoms. The molecule has 0 N–H and O–H groups in total. The third-order valence-electron chi connectivity index (χ3n) is 10.0. The summed E-state index contributed by atoms with van der Waals surface area (Å²) in [6.07, 6.45) is 9.94. The van der Waals surface area contributed by atoms with E-state index < -0.39 is 4.92 Å². The number of methoxy groups -OCH3 is 1. The van der Waals surface area contributed by atoms with Gasteiger partial charge in [0.25, 0.3) is 5.69 Å². The van der Waals surface area contributed by atoms with Crippen molar-refractivity contribution in [1.82, 2.24) is 29.9 Å². The Balaban J connectivity index is 0.000000177. The molecule has 10 aromatic rings. The molecule has 0 saturated carbocycles. The summed E-state index contributed by atoms with van der Waals surface area (Å²) in [5.41, 5.74) is 6.25. The molecule has 14 heteroatoms. The van der Waals surface area contributed by atoms with Gasteiger partial charge in [-0.3, -0.25) is 20.1 Å². The van der Waals surface area contributed by atoms with Crippen molar-refractivity contribution < 1.29 is 74.9 Å². The second-order valence-electron chi connectivity index (χ2n) is 13.4. The molecule has 6 aromatic heterocycles. The molecule has 0 spiro atoms. The summed E-state index contributed by atoms with van der Waals surface area (Å²) in [5, 5.41) is 24.4. The van der Waals surface area contributed by atoms with E-state index in [0.717, 1.165) is 56.7 Å². The smallest absolute Gasteiger partial charge is 0.857 e. The minimum atomic E-state index is -0.426. The van der Waals surface area contributed by atoms with Crippen molar-refractivity contribution in [2.75, 3.05) is 14.2 Å². The molecule has 0 fully saturated rings. The minimum absolute atomic E-state index is 0. The fourth-order valence-corrected chi connectivity index (χ4v) is 7.32. The van der Waals surface area contributed by atoms with E-state index in [-0.39, 0.29) is 68.7 Å². The quantitative estimate of drug-likeness (QED) is 0.0955. The first-order valence-electron chi connectivity index (χ1n) is 18.7. The summed E-state index contributed by atoms with van der Waals surface area (Å²) < 4.78 is 34.4. The number of nitrogens with zero attached hydrogens (tertiary/aromatic N) is 7. The first-order valence-corrected chi connectivity index (χ1v) is 18.7. The molecule has 11 nitrogen and oxygen atoms in total. The van der Waals surface area contributed by atoms with Gasteiger partial charge in [0.1, 0.15) is 17.4 Å². The van der Waals surface area contributed by atoms with E-state index >= 15 is 0 Å². The van der Waals surface area contributed by atoms with Crippen molar-refractivity contribution in [2.24, 2.45) is 0 Å². The Morgan fingerprint density at radius 1 is 0.516 bits per heavy atom. The Kier molecular flexibility index (Phi) is 13.7. The molecule has 0 radical (unpaired) electrons. The average molecular weight is 848 g/mol. The van der Waals surface area contributed by atoms with E-state index in [2.05, 4.69) is 29.9 Å². The molecule has 0 amide bonds. The molecule has 4 aromatic carbocycles. The Labute approximate surface area is 395 Å². The van der Waals surface area contributed by atoms with Crippen LogP contribution in [0.2, 0.25) is 0 Å². The van der Waals surface area contributed by atoms with Crippen LogP contribution in [-0.2, 0) is 0 Å². The van der Waals surface area contributed by atoms with Crippen molar-refractivity contribution in [1.29, 1.82) is 0 Å². The van der Waals surface area contributed by atoms with E-state index in [9.17, 15) is 18.9 Å². The van der Waals surface area contributed by atoms with Gasteiger partial charge in [-0.15, -0.1) is 0 Å².